The first kappa shape index (κ1) is 18.3. The Balaban J connectivity index is 1.59. The second-order valence-corrected chi connectivity index (χ2v) is 7.37. The molecule has 136 valence electrons. The van der Waals surface area contributed by atoms with Gasteiger partial charge in [0.25, 0.3) is 0 Å². The Labute approximate surface area is 157 Å². The van der Waals surface area contributed by atoms with Crippen LogP contribution in [0.3, 0.4) is 0 Å². The van der Waals surface area contributed by atoms with Gasteiger partial charge in [0.05, 0.1) is 4.60 Å². The van der Waals surface area contributed by atoms with Gasteiger partial charge in [-0.15, -0.1) is 0 Å². The fourth-order valence-electron chi connectivity index (χ4n) is 3.66. The lowest BCUT2D eigenvalue weighted by molar-refractivity contribution is 0.119. The Morgan fingerprint density at radius 1 is 1.40 bits per heavy atom. The van der Waals surface area contributed by atoms with Crippen LogP contribution in [0.5, 0.6) is 0 Å². The number of fused-ring (bicyclic) bond motifs is 1. The van der Waals surface area contributed by atoms with Crippen LogP contribution >= 0.6 is 15.9 Å². The van der Waals surface area contributed by atoms with Crippen LogP contribution in [-0.2, 0) is 11.2 Å². The molecule has 1 saturated heterocycles. The molecule has 0 spiro atoms. The molecule has 5 nitrogen and oxygen atoms in total. The molecule has 1 fully saturated rings. The number of aryl methyl sites for hydroxylation is 1. The number of halogens is 1. The van der Waals surface area contributed by atoms with E-state index >= 15 is 0 Å². The summed E-state index contributed by atoms with van der Waals surface area (Å²) in [4.78, 5) is 16.9. The standard InChI is InChI=1S/C19H26BrN3O2/c1-3-15-16-12-14(4-5-17(16)22-18(15)20)13-6-8-23(9-7-13)10-11-25-19(24)21-2/h4-5,12-13,22H,3,6-11H2,1-2H3,(H,21,24). The number of nitrogens with one attached hydrogen (secondary N) is 2. The van der Waals surface area contributed by atoms with E-state index in [1.54, 1.807) is 7.05 Å². The number of amides is 1. The first-order valence-electron chi connectivity index (χ1n) is 8.99. The summed E-state index contributed by atoms with van der Waals surface area (Å²) in [5, 5.41) is 3.81. The van der Waals surface area contributed by atoms with E-state index in [0.29, 0.717) is 12.5 Å². The van der Waals surface area contributed by atoms with Gasteiger partial charge in [-0.05, 0) is 77.5 Å². The minimum atomic E-state index is -0.354. The summed E-state index contributed by atoms with van der Waals surface area (Å²) >= 11 is 3.64. The molecule has 1 aliphatic heterocycles. The molecule has 0 saturated carbocycles. The Morgan fingerprint density at radius 3 is 2.84 bits per heavy atom. The number of hydrogen-bond donors (Lipinski definition) is 2. The van der Waals surface area contributed by atoms with Crippen LogP contribution in [-0.4, -0.2) is 49.3 Å². The first-order chi connectivity index (χ1) is 12.1. The SMILES string of the molecule is CCc1c(Br)[nH]c2ccc(C3CCN(CCOC(=O)NC)CC3)cc12. The molecular formula is C19H26BrN3O2. The Hall–Kier alpha value is -1.53. The maximum Gasteiger partial charge on any atom is 0.406 e. The highest BCUT2D eigenvalue weighted by Gasteiger charge is 2.21. The lowest BCUT2D eigenvalue weighted by Gasteiger charge is -2.32. The zero-order valence-corrected chi connectivity index (χ0v) is 16.5. The molecule has 2 heterocycles. The van der Waals surface area contributed by atoms with E-state index in [2.05, 4.69) is 56.3 Å². The van der Waals surface area contributed by atoms with Crippen LogP contribution in [0.2, 0.25) is 0 Å². The topological polar surface area (TPSA) is 57.4 Å². The third-order valence-corrected chi connectivity index (χ3v) is 5.81. The van der Waals surface area contributed by atoms with Gasteiger partial charge in [-0.2, -0.15) is 0 Å². The zero-order chi connectivity index (χ0) is 17.8. The summed E-state index contributed by atoms with van der Waals surface area (Å²) in [6.45, 7) is 5.56. The number of aromatic amines is 1. The number of aromatic nitrogens is 1. The van der Waals surface area contributed by atoms with Crippen LogP contribution < -0.4 is 5.32 Å². The Kier molecular flexibility index (Phi) is 6.02. The molecule has 0 unspecified atom stereocenters. The van der Waals surface area contributed by atoms with Crippen molar-refractivity contribution in [1.29, 1.82) is 0 Å². The van der Waals surface area contributed by atoms with Crippen molar-refractivity contribution >= 4 is 32.9 Å². The largest absolute Gasteiger partial charge is 0.448 e. The summed E-state index contributed by atoms with van der Waals surface area (Å²) in [7, 11) is 1.58. The minimum Gasteiger partial charge on any atom is -0.448 e. The van der Waals surface area contributed by atoms with Gasteiger partial charge in [0.2, 0.25) is 0 Å². The number of alkyl carbamates (subject to hydrolysis) is 1. The number of carbonyl (C=O) groups is 1. The van der Waals surface area contributed by atoms with Gasteiger partial charge in [-0.25, -0.2) is 4.79 Å². The normalized spacial score (nSPS) is 16.3. The summed E-state index contributed by atoms with van der Waals surface area (Å²) in [5.74, 6) is 0.610. The summed E-state index contributed by atoms with van der Waals surface area (Å²) in [6.07, 6.45) is 2.97. The van der Waals surface area contributed by atoms with Gasteiger partial charge in [-0.3, -0.25) is 4.90 Å². The maximum atomic E-state index is 11.1. The van der Waals surface area contributed by atoms with Crippen molar-refractivity contribution in [3.8, 4) is 0 Å². The highest BCUT2D eigenvalue weighted by atomic mass is 79.9. The van der Waals surface area contributed by atoms with Gasteiger partial charge in [-0.1, -0.05) is 13.0 Å². The number of hydrogen-bond acceptors (Lipinski definition) is 3. The number of benzene rings is 1. The van der Waals surface area contributed by atoms with Crippen molar-refractivity contribution in [2.45, 2.75) is 32.1 Å². The monoisotopic (exact) mass is 407 g/mol. The van der Waals surface area contributed by atoms with Crippen molar-refractivity contribution in [2.75, 3.05) is 33.3 Å². The molecule has 0 aliphatic carbocycles. The van der Waals surface area contributed by atoms with E-state index < -0.39 is 0 Å². The van der Waals surface area contributed by atoms with Gasteiger partial charge in [0.1, 0.15) is 6.61 Å². The molecule has 1 aromatic heterocycles. The summed E-state index contributed by atoms with van der Waals surface area (Å²) in [5.41, 5.74) is 4.01. The molecule has 0 bridgehead atoms. The molecule has 1 aliphatic rings. The molecule has 0 radical (unpaired) electrons. The van der Waals surface area contributed by atoms with Crippen molar-refractivity contribution in [1.82, 2.24) is 15.2 Å². The van der Waals surface area contributed by atoms with Crippen LogP contribution in [0.15, 0.2) is 22.8 Å². The predicted octanol–water partition coefficient (Wildman–Crippen LogP) is 4.03. The highest BCUT2D eigenvalue weighted by molar-refractivity contribution is 9.10. The second kappa shape index (κ2) is 8.23. The fraction of sp³-hybridized carbons (Fsp3) is 0.526. The molecule has 3 rings (SSSR count). The predicted molar refractivity (Wildman–Crippen MR) is 104 cm³/mol. The third kappa shape index (κ3) is 4.18. The molecule has 1 aromatic carbocycles. The van der Waals surface area contributed by atoms with Crippen LogP contribution in [0.1, 0.15) is 36.8 Å². The van der Waals surface area contributed by atoms with Gasteiger partial charge in [0, 0.05) is 24.5 Å². The maximum absolute atomic E-state index is 11.1. The lowest BCUT2D eigenvalue weighted by Crippen LogP contribution is -2.36. The van der Waals surface area contributed by atoms with Crippen molar-refractivity contribution < 1.29 is 9.53 Å². The number of rotatable bonds is 5. The average molecular weight is 408 g/mol. The first-order valence-corrected chi connectivity index (χ1v) is 9.78. The van der Waals surface area contributed by atoms with Crippen LogP contribution in [0.4, 0.5) is 4.79 Å². The van der Waals surface area contributed by atoms with Crippen molar-refractivity contribution in [3.63, 3.8) is 0 Å². The highest BCUT2D eigenvalue weighted by Crippen LogP contribution is 2.33. The Bertz CT molecular complexity index is 736. The van der Waals surface area contributed by atoms with Crippen molar-refractivity contribution in [3.05, 3.63) is 33.9 Å². The number of nitrogens with zero attached hydrogens (tertiary/aromatic N) is 1. The van der Waals surface area contributed by atoms with Crippen molar-refractivity contribution in [2.24, 2.45) is 0 Å². The average Bonchev–Trinajstić information content (AvgIpc) is 2.96. The molecule has 0 atom stereocenters. The quantitative estimate of drug-likeness (QED) is 0.786. The van der Waals surface area contributed by atoms with E-state index in [4.69, 9.17) is 4.74 Å². The molecule has 25 heavy (non-hydrogen) atoms. The zero-order valence-electron chi connectivity index (χ0n) is 14.9. The summed E-state index contributed by atoms with van der Waals surface area (Å²) < 4.78 is 6.19. The second-order valence-electron chi connectivity index (χ2n) is 6.58. The van der Waals surface area contributed by atoms with E-state index in [1.165, 1.54) is 22.0 Å². The minimum absolute atomic E-state index is 0.354. The van der Waals surface area contributed by atoms with Crippen LogP contribution in [0, 0.1) is 0 Å². The van der Waals surface area contributed by atoms with E-state index in [1.807, 2.05) is 0 Å². The number of carbonyl (C=O) groups excluding carboxylic acids is 1. The van der Waals surface area contributed by atoms with E-state index in [-0.39, 0.29) is 6.09 Å². The molecule has 2 N–H and O–H groups in total. The van der Waals surface area contributed by atoms with Gasteiger partial charge < -0.3 is 15.0 Å². The number of piperidine rings is 1. The molecular weight excluding hydrogens is 382 g/mol. The molecule has 6 heteroatoms. The number of ether oxygens (including phenoxy) is 1. The Morgan fingerprint density at radius 2 is 2.16 bits per heavy atom. The lowest BCUT2D eigenvalue weighted by atomic mass is 9.88. The van der Waals surface area contributed by atoms with Gasteiger partial charge in [0.15, 0.2) is 0 Å². The van der Waals surface area contributed by atoms with E-state index in [0.717, 1.165) is 43.5 Å². The number of H-pyrrole nitrogens is 1. The van der Waals surface area contributed by atoms with Crippen LogP contribution in [0.25, 0.3) is 10.9 Å². The fourth-order valence-corrected chi connectivity index (χ4v) is 4.37. The van der Waals surface area contributed by atoms with E-state index in [9.17, 15) is 4.79 Å². The third-order valence-electron chi connectivity index (χ3n) is 5.14. The van der Waals surface area contributed by atoms with Gasteiger partial charge >= 0.3 is 6.09 Å². The smallest absolute Gasteiger partial charge is 0.406 e. The summed E-state index contributed by atoms with van der Waals surface area (Å²) in [6, 6.07) is 6.84. The molecule has 2 aromatic rings. The molecule has 1 amide bonds. The number of likely N-dealkylation sites (tertiary alicyclic amines) is 1.